The van der Waals surface area contributed by atoms with Gasteiger partial charge in [0.05, 0.1) is 29.2 Å². The maximum absolute atomic E-state index is 13.1. The molecule has 0 radical (unpaired) electrons. The summed E-state index contributed by atoms with van der Waals surface area (Å²) in [5.41, 5.74) is 6.17. The number of amides is 2. The fraction of sp³-hybridized carbons (Fsp3) is 0.467. The molecule has 0 unspecified atom stereocenters. The average molecular weight is 349 g/mol. The number of nitrogens with one attached hydrogen (secondary N) is 1. The fourth-order valence-corrected chi connectivity index (χ4v) is 3.62. The van der Waals surface area contributed by atoms with Crippen molar-refractivity contribution in [2.75, 3.05) is 26.2 Å². The van der Waals surface area contributed by atoms with Crippen LogP contribution in [0.25, 0.3) is 11.0 Å². The molecule has 2 aromatic heterocycles. The number of carbonyl (C=O) groups excluding carboxylic acids is 2. The molecule has 126 valence electrons. The van der Waals surface area contributed by atoms with Crippen LogP contribution in [0.3, 0.4) is 0 Å². The fourth-order valence-electron chi connectivity index (χ4n) is 3.43. The van der Waals surface area contributed by atoms with E-state index in [4.69, 9.17) is 17.3 Å². The Morgan fingerprint density at radius 3 is 2.88 bits per heavy atom. The van der Waals surface area contributed by atoms with Gasteiger partial charge in [-0.15, -0.1) is 0 Å². The molecule has 0 bridgehead atoms. The minimum absolute atomic E-state index is 0.000366. The lowest BCUT2D eigenvalue weighted by atomic mass is 10.1. The van der Waals surface area contributed by atoms with Gasteiger partial charge in [-0.2, -0.15) is 5.10 Å². The van der Waals surface area contributed by atoms with E-state index in [1.54, 1.807) is 17.2 Å². The van der Waals surface area contributed by atoms with Crippen molar-refractivity contribution in [3.63, 3.8) is 0 Å². The number of nitrogens with zero attached hydrogens (tertiary/aromatic N) is 4. The second-order valence-corrected chi connectivity index (χ2v) is 6.71. The normalized spacial score (nSPS) is 19.1. The zero-order valence-electron chi connectivity index (χ0n) is 13.0. The van der Waals surface area contributed by atoms with Crippen molar-refractivity contribution < 1.29 is 9.59 Å². The van der Waals surface area contributed by atoms with Gasteiger partial charge in [0.25, 0.3) is 5.91 Å². The van der Waals surface area contributed by atoms with Crippen molar-refractivity contribution in [1.82, 2.24) is 25.0 Å². The predicted molar refractivity (Wildman–Crippen MR) is 87.5 cm³/mol. The Bertz CT molecular complexity index is 830. The lowest BCUT2D eigenvalue weighted by molar-refractivity contribution is -0.132. The number of rotatable bonds is 2. The molecule has 9 heteroatoms. The Hall–Kier alpha value is -2.19. The van der Waals surface area contributed by atoms with Crippen LogP contribution in [-0.2, 0) is 4.79 Å². The molecule has 24 heavy (non-hydrogen) atoms. The van der Waals surface area contributed by atoms with Crippen LogP contribution in [-0.4, -0.2) is 68.5 Å². The summed E-state index contributed by atoms with van der Waals surface area (Å²) in [5.74, 6) is -0.166. The predicted octanol–water partition coefficient (Wildman–Crippen LogP) is 0.387. The molecule has 2 aliphatic rings. The standard InChI is InChI=1S/C15H17ClN6O2/c16-11-5-9(10-7-18-20-13(10)19-11)14(24)22-4-3-21(12(23)6-17)8-15(22)1-2-15/h5,7H,1-4,6,8,17H2,(H,18,19,20). The van der Waals surface area contributed by atoms with Crippen LogP contribution in [0.1, 0.15) is 23.2 Å². The highest BCUT2D eigenvalue weighted by atomic mass is 35.5. The summed E-state index contributed by atoms with van der Waals surface area (Å²) in [6.45, 7) is 1.53. The van der Waals surface area contributed by atoms with Crippen LogP contribution in [0.15, 0.2) is 12.3 Å². The Kier molecular flexibility index (Phi) is 3.47. The summed E-state index contributed by atoms with van der Waals surface area (Å²) in [5, 5.41) is 7.59. The number of aromatic nitrogens is 3. The molecule has 3 heterocycles. The largest absolute Gasteiger partial charge is 0.337 e. The second kappa shape index (κ2) is 5.42. The van der Waals surface area contributed by atoms with E-state index in [0.717, 1.165) is 12.8 Å². The van der Waals surface area contributed by atoms with Gasteiger partial charge in [0.2, 0.25) is 5.91 Å². The number of hydrogen-bond donors (Lipinski definition) is 2. The van der Waals surface area contributed by atoms with E-state index in [-0.39, 0.29) is 29.1 Å². The first-order chi connectivity index (χ1) is 11.5. The molecule has 2 fully saturated rings. The first kappa shape index (κ1) is 15.3. The van der Waals surface area contributed by atoms with Crippen LogP contribution < -0.4 is 5.73 Å². The molecule has 0 aromatic carbocycles. The van der Waals surface area contributed by atoms with E-state index in [9.17, 15) is 9.59 Å². The zero-order valence-corrected chi connectivity index (χ0v) is 13.7. The van der Waals surface area contributed by atoms with E-state index in [1.165, 1.54) is 0 Å². The topological polar surface area (TPSA) is 108 Å². The molecule has 1 aliphatic heterocycles. The van der Waals surface area contributed by atoms with Crippen molar-refractivity contribution in [3.05, 3.63) is 23.0 Å². The lowest BCUT2D eigenvalue weighted by Gasteiger charge is -2.42. The third-order valence-electron chi connectivity index (χ3n) is 4.87. The van der Waals surface area contributed by atoms with Gasteiger partial charge in [-0.25, -0.2) is 4.98 Å². The van der Waals surface area contributed by atoms with Gasteiger partial charge < -0.3 is 15.5 Å². The van der Waals surface area contributed by atoms with Crippen molar-refractivity contribution in [3.8, 4) is 0 Å². The number of H-pyrrole nitrogens is 1. The van der Waals surface area contributed by atoms with E-state index in [2.05, 4.69) is 15.2 Å². The quantitative estimate of drug-likeness (QED) is 0.763. The van der Waals surface area contributed by atoms with E-state index < -0.39 is 0 Å². The van der Waals surface area contributed by atoms with Crippen LogP contribution >= 0.6 is 11.6 Å². The molecule has 1 aliphatic carbocycles. The van der Waals surface area contributed by atoms with E-state index >= 15 is 0 Å². The number of aromatic amines is 1. The molecular formula is C15H17ClN6O2. The zero-order chi connectivity index (χ0) is 16.9. The molecule has 1 saturated carbocycles. The molecule has 2 amide bonds. The molecule has 1 spiro atoms. The van der Waals surface area contributed by atoms with Crippen LogP contribution in [0.5, 0.6) is 0 Å². The monoisotopic (exact) mass is 348 g/mol. The SMILES string of the molecule is NCC(=O)N1CCN(C(=O)c2cc(Cl)nc3[nH]ncc23)C2(CC2)C1. The molecule has 2 aromatic rings. The Balaban J connectivity index is 1.65. The van der Waals surface area contributed by atoms with Crippen molar-refractivity contribution in [2.24, 2.45) is 5.73 Å². The summed E-state index contributed by atoms with van der Waals surface area (Å²) in [4.78, 5) is 32.8. The first-order valence-corrected chi connectivity index (χ1v) is 8.21. The van der Waals surface area contributed by atoms with Gasteiger partial charge in [-0.1, -0.05) is 11.6 Å². The molecule has 1 saturated heterocycles. The highest BCUT2D eigenvalue weighted by Crippen LogP contribution is 2.45. The summed E-state index contributed by atoms with van der Waals surface area (Å²) in [6, 6.07) is 1.58. The van der Waals surface area contributed by atoms with E-state index in [0.29, 0.717) is 36.2 Å². The number of carbonyl (C=O) groups is 2. The molecular weight excluding hydrogens is 332 g/mol. The second-order valence-electron chi connectivity index (χ2n) is 6.33. The molecule has 4 rings (SSSR count). The molecule has 8 nitrogen and oxygen atoms in total. The van der Waals surface area contributed by atoms with Crippen molar-refractivity contribution >= 4 is 34.4 Å². The van der Waals surface area contributed by atoms with Gasteiger partial charge in [0, 0.05) is 19.6 Å². The van der Waals surface area contributed by atoms with Gasteiger partial charge in [-0.05, 0) is 18.9 Å². The van der Waals surface area contributed by atoms with Gasteiger partial charge >= 0.3 is 0 Å². The Morgan fingerprint density at radius 2 is 2.17 bits per heavy atom. The molecule has 0 atom stereocenters. The smallest absolute Gasteiger partial charge is 0.255 e. The number of piperazine rings is 1. The third kappa shape index (κ3) is 2.33. The number of hydrogen-bond acceptors (Lipinski definition) is 5. The maximum atomic E-state index is 13.1. The minimum atomic E-state index is -0.272. The number of fused-ring (bicyclic) bond motifs is 1. The van der Waals surface area contributed by atoms with Crippen LogP contribution in [0.4, 0.5) is 0 Å². The third-order valence-corrected chi connectivity index (χ3v) is 5.07. The van der Waals surface area contributed by atoms with Gasteiger partial charge in [0.1, 0.15) is 5.15 Å². The van der Waals surface area contributed by atoms with Crippen molar-refractivity contribution in [1.29, 1.82) is 0 Å². The average Bonchev–Trinajstić information content (AvgIpc) is 3.17. The first-order valence-electron chi connectivity index (χ1n) is 7.83. The van der Waals surface area contributed by atoms with Gasteiger partial charge in [0.15, 0.2) is 5.65 Å². The van der Waals surface area contributed by atoms with Crippen LogP contribution in [0.2, 0.25) is 5.15 Å². The maximum Gasteiger partial charge on any atom is 0.255 e. The van der Waals surface area contributed by atoms with Crippen molar-refractivity contribution in [2.45, 2.75) is 18.4 Å². The molecule has 3 N–H and O–H groups in total. The summed E-state index contributed by atoms with van der Waals surface area (Å²) in [7, 11) is 0. The summed E-state index contributed by atoms with van der Waals surface area (Å²) < 4.78 is 0. The Morgan fingerprint density at radius 1 is 1.38 bits per heavy atom. The highest BCUT2D eigenvalue weighted by molar-refractivity contribution is 6.30. The van der Waals surface area contributed by atoms with E-state index in [1.807, 2.05) is 4.90 Å². The highest BCUT2D eigenvalue weighted by Gasteiger charge is 2.54. The minimum Gasteiger partial charge on any atom is -0.337 e. The summed E-state index contributed by atoms with van der Waals surface area (Å²) >= 11 is 6.04. The Labute approximate surface area is 142 Å². The number of nitrogens with two attached hydrogens (primary N) is 1. The number of pyridine rings is 1. The number of halogens is 1. The van der Waals surface area contributed by atoms with Gasteiger partial charge in [-0.3, -0.25) is 14.7 Å². The van der Waals surface area contributed by atoms with Crippen LogP contribution in [0, 0.1) is 0 Å². The lowest BCUT2D eigenvalue weighted by Crippen LogP contribution is -2.59. The summed E-state index contributed by atoms with van der Waals surface area (Å²) in [6.07, 6.45) is 3.36.